The molecule has 0 aromatic heterocycles. The second kappa shape index (κ2) is 5.13. The first-order valence-electron chi connectivity index (χ1n) is 8.06. The number of nitrogens with zero attached hydrogens (tertiary/aromatic N) is 1. The van der Waals surface area contributed by atoms with Crippen molar-refractivity contribution in [3.8, 4) is 0 Å². The number of hydrogen-bond donors (Lipinski definition) is 1. The summed E-state index contributed by atoms with van der Waals surface area (Å²) in [5, 5.41) is 9.23. The Morgan fingerprint density at radius 2 is 1.56 bits per heavy atom. The second-order valence-electron chi connectivity index (χ2n) is 7.42. The van der Waals surface area contributed by atoms with E-state index in [0.29, 0.717) is 12.0 Å². The summed E-state index contributed by atoms with van der Waals surface area (Å²) in [7, 11) is 0. The first-order chi connectivity index (χ1) is 8.73. The van der Waals surface area contributed by atoms with Gasteiger partial charge in [-0.1, -0.05) is 6.92 Å². The molecule has 4 aliphatic carbocycles. The van der Waals surface area contributed by atoms with E-state index in [9.17, 15) is 5.11 Å². The average Bonchev–Trinajstić information content (AvgIpc) is 2.26. The number of aliphatic hydroxyl groups excluding tert-OH is 1. The number of rotatable bonds is 6. The molecule has 0 spiro atoms. The molecule has 4 aliphatic rings. The third-order valence-corrected chi connectivity index (χ3v) is 5.68. The first kappa shape index (κ1) is 12.9. The monoisotopic (exact) mass is 251 g/mol. The molecule has 0 heterocycles. The molecule has 4 rings (SSSR count). The molecule has 0 saturated heterocycles. The third kappa shape index (κ3) is 2.46. The molecule has 0 unspecified atom stereocenters. The van der Waals surface area contributed by atoms with Gasteiger partial charge in [-0.2, -0.15) is 0 Å². The van der Waals surface area contributed by atoms with Crippen molar-refractivity contribution in [1.82, 2.24) is 4.90 Å². The van der Waals surface area contributed by atoms with E-state index in [-0.39, 0.29) is 0 Å². The van der Waals surface area contributed by atoms with E-state index in [0.717, 1.165) is 24.3 Å². The lowest BCUT2D eigenvalue weighted by atomic mass is 9.49. The maximum Gasteiger partial charge on any atom is 0.0558 e. The lowest BCUT2D eigenvalue weighted by molar-refractivity contribution is -0.0702. The molecule has 0 aromatic rings. The highest BCUT2D eigenvalue weighted by Gasteiger charge is 2.51. The normalized spacial score (nSPS) is 41.8. The van der Waals surface area contributed by atoms with Crippen LogP contribution in [0.25, 0.3) is 0 Å². The zero-order valence-corrected chi connectivity index (χ0v) is 11.9. The highest BCUT2D eigenvalue weighted by molar-refractivity contribution is 5.02. The van der Waals surface area contributed by atoms with E-state index < -0.39 is 0 Å². The molecule has 4 saturated carbocycles. The van der Waals surface area contributed by atoms with Gasteiger partial charge in [0.15, 0.2) is 0 Å². The van der Waals surface area contributed by atoms with Crippen LogP contribution in [0.4, 0.5) is 0 Å². The van der Waals surface area contributed by atoms with E-state index in [1.165, 1.54) is 58.0 Å². The van der Waals surface area contributed by atoms with E-state index in [2.05, 4.69) is 11.8 Å². The van der Waals surface area contributed by atoms with Gasteiger partial charge in [0.25, 0.3) is 0 Å². The number of aliphatic hydroxyl groups is 1. The van der Waals surface area contributed by atoms with Crippen molar-refractivity contribution in [1.29, 1.82) is 0 Å². The lowest BCUT2D eigenvalue weighted by Gasteiger charge is -2.58. The number of hydrogen-bond acceptors (Lipinski definition) is 2. The van der Waals surface area contributed by atoms with Crippen LogP contribution in [-0.4, -0.2) is 36.2 Å². The summed E-state index contributed by atoms with van der Waals surface area (Å²) in [5.74, 6) is 3.15. The van der Waals surface area contributed by atoms with Gasteiger partial charge in [-0.05, 0) is 74.7 Å². The van der Waals surface area contributed by atoms with Crippen LogP contribution >= 0.6 is 0 Å². The van der Waals surface area contributed by atoms with Crippen LogP contribution in [0.3, 0.4) is 0 Å². The van der Waals surface area contributed by atoms with Gasteiger partial charge in [-0.3, -0.25) is 0 Å². The van der Waals surface area contributed by atoms with Gasteiger partial charge in [0.2, 0.25) is 0 Å². The Bertz CT molecular complexity index is 248. The molecule has 18 heavy (non-hydrogen) atoms. The lowest BCUT2D eigenvalue weighted by Crippen LogP contribution is -2.51. The Hall–Kier alpha value is -0.0800. The average molecular weight is 251 g/mol. The fraction of sp³-hybridized carbons (Fsp3) is 1.00. The van der Waals surface area contributed by atoms with Crippen molar-refractivity contribution >= 4 is 0 Å². The largest absolute Gasteiger partial charge is 0.395 e. The van der Waals surface area contributed by atoms with Gasteiger partial charge in [-0.25, -0.2) is 0 Å². The standard InChI is InChI=1S/C16H29NO/c1-2-3-17(4-5-18)12-16-9-13-6-14(10-16)8-15(7-13)11-16/h13-15,18H,2-12H2,1H3. The predicted octanol–water partition coefficient (Wildman–Crippen LogP) is 2.91. The highest BCUT2D eigenvalue weighted by atomic mass is 16.3. The van der Waals surface area contributed by atoms with E-state index in [1.54, 1.807) is 0 Å². The maximum atomic E-state index is 9.23. The first-order valence-corrected chi connectivity index (χ1v) is 8.06. The molecule has 0 radical (unpaired) electrons. The van der Waals surface area contributed by atoms with Crippen LogP contribution in [0, 0.1) is 23.2 Å². The molecule has 2 heteroatoms. The minimum Gasteiger partial charge on any atom is -0.395 e. The van der Waals surface area contributed by atoms with Gasteiger partial charge in [-0.15, -0.1) is 0 Å². The fourth-order valence-electron chi connectivity index (χ4n) is 5.69. The van der Waals surface area contributed by atoms with Crippen LogP contribution in [-0.2, 0) is 0 Å². The Kier molecular flexibility index (Phi) is 3.68. The minimum atomic E-state index is 0.326. The molecular formula is C16H29NO. The minimum absolute atomic E-state index is 0.326. The maximum absolute atomic E-state index is 9.23. The van der Waals surface area contributed by atoms with Crippen LogP contribution in [0.2, 0.25) is 0 Å². The molecule has 1 N–H and O–H groups in total. The SMILES string of the molecule is CCCN(CCO)CC12CC3CC(CC(C3)C1)C2. The van der Waals surface area contributed by atoms with Crippen LogP contribution in [0.1, 0.15) is 51.9 Å². The van der Waals surface area contributed by atoms with Crippen molar-refractivity contribution in [2.45, 2.75) is 51.9 Å². The van der Waals surface area contributed by atoms with Gasteiger partial charge < -0.3 is 10.0 Å². The van der Waals surface area contributed by atoms with Gasteiger partial charge in [0.1, 0.15) is 0 Å². The van der Waals surface area contributed by atoms with Crippen molar-refractivity contribution in [3.05, 3.63) is 0 Å². The zero-order valence-electron chi connectivity index (χ0n) is 11.9. The summed E-state index contributed by atoms with van der Waals surface area (Å²) < 4.78 is 0. The van der Waals surface area contributed by atoms with Crippen LogP contribution in [0.15, 0.2) is 0 Å². The Morgan fingerprint density at radius 1 is 1.00 bits per heavy atom. The van der Waals surface area contributed by atoms with Crippen molar-refractivity contribution in [2.75, 3.05) is 26.2 Å². The highest BCUT2D eigenvalue weighted by Crippen LogP contribution is 2.60. The van der Waals surface area contributed by atoms with Crippen LogP contribution in [0.5, 0.6) is 0 Å². The smallest absolute Gasteiger partial charge is 0.0558 e. The van der Waals surface area contributed by atoms with Crippen molar-refractivity contribution in [2.24, 2.45) is 23.2 Å². The second-order valence-corrected chi connectivity index (χ2v) is 7.42. The predicted molar refractivity (Wildman–Crippen MR) is 74.4 cm³/mol. The van der Waals surface area contributed by atoms with E-state index in [4.69, 9.17) is 0 Å². The summed E-state index contributed by atoms with van der Waals surface area (Å²) in [6.45, 7) is 5.90. The van der Waals surface area contributed by atoms with Gasteiger partial charge >= 0.3 is 0 Å². The zero-order chi connectivity index (χ0) is 12.6. The van der Waals surface area contributed by atoms with Crippen molar-refractivity contribution in [3.63, 3.8) is 0 Å². The topological polar surface area (TPSA) is 23.5 Å². The Balaban J connectivity index is 1.67. The van der Waals surface area contributed by atoms with E-state index in [1.807, 2.05) is 0 Å². The van der Waals surface area contributed by atoms with Gasteiger partial charge in [0, 0.05) is 13.1 Å². The summed E-state index contributed by atoms with van der Waals surface area (Å²) in [5.41, 5.74) is 0.638. The molecule has 104 valence electrons. The van der Waals surface area contributed by atoms with E-state index >= 15 is 0 Å². The Labute approximate surface area is 112 Å². The van der Waals surface area contributed by atoms with Crippen LogP contribution < -0.4 is 0 Å². The summed E-state index contributed by atoms with van der Waals surface area (Å²) in [6.07, 6.45) is 10.3. The summed E-state index contributed by atoms with van der Waals surface area (Å²) in [6, 6.07) is 0. The molecule has 0 aromatic carbocycles. The molecule has 0 amide bonds. The summed E-state index contributed by atoms with van der Waals surface area (Å²) in [4.78, 5) is 2.53. The molecule has 0 atom stereocenters. The fourth-order valence-corrected chi connectivity index (χ4v) is 5.69. The van der Waals surface area contributed by atoms with Gasteiger partial charge in [0.05, 0.1) is 6.61 Å². The molecule has 2 nitrogen and oxygen atoms in total. The third-order valence-electron chi connectivity index (χ3n) is 5.68. The molecule has 0 aliphatic heterocycles. The van der Waals surface area contributed by atoms with Crippen molar-refractivity contribution < 1.29 is 5.11 Å². The Morgan fingerprint density at radius 3 is 2.00 bits per heavy atom. The molecular weight excluding hydrogens is 222 g/mol. The summed E-state index contributed by atoms with van der Waals surface area (Å²) >= 11 is 0. The molecule has 4 bridgehead atoms. The molecule has 4 fully saturated rings. The quantitative estimate of drug-likeness (QED) is 0.784.